The van der Waals surface area contributed by atoms with E-state index in [1.54, 1.807) is 0 Å². The average molecular weight is 337 g/mol. The lowest BCUT2D eigenvalue weighted by atomic mass is 9.94. The smallest absolute Gasteiger partial charge is 0.255 e. The molecular weight excluding hydrogens is 314 g/mol. The van der Waals surface area contributed by atoms with Crippen molar-refractivity contribution in [2.24, 2.45) is 0 Å². The Morgan fingerprint density at radius 2 is 1.76 bits per heavy atom. The molecule has 4 heteroatoms. The van der Waals surface area contributed by atoms with E-state index in [1.807, 2.05) is 50.2 Å². The number of anilines is 1. The molecule has 25 heavy (non-hydrogen) atoms. The summed E-state index contributed by atoms with van der Waals surface area (Å²) in [6.07, 6.45) is 5.34. The van der Waals surface area contributed by atoms with Gasteiger partial charge in [0.2, 0.25) is 0 Å². The van der Waals surface area contributed by atoms with Gasteiger partial charge >= 0.3 is 0 Å². The minimum absolute atomic E-state index is 0.104. The van der Waals surface area contributed by atoms with Crippen molar-refractivity contribution >= 4 is 11.6 Å². The van der Waals surface area contributed by atoms with Gasteiger partial charge in [-0.05, 0) is 56.0 Å². The van der Waals surface area contributed by atoms with E-state index in [1.165, 1.54) is 6.42 Å². The molecule has 2 aliphatic rings. The normalized spacial score (nSPS) is 17.5. The van der Waals surface area contributed by atoms with Crippen LogP contribution in [0.1, 0.15) is 53.6 Å². The van der Waals surface area contributed by atoms with Crippen LogP contribution in [0.4, 0.5) is 5.69 Å². The summed E-state index contributed by atoms with van der Waals surface area (Å²) in [5, 5.41) is 2.97. The van der Waals surface area contributed by atoms with E-state index in [0.717, 1.165) is 54.0 Å². The van der Waals surface area contributed by atoms with Crippen molar-refractivity contribution in [2.75, 3.05) is 5.32 Å². The van der Waals surface area contributed by atoms with Gasteiger partial charge in [-0.3, -0.25) is 4.79 Å². The summed E-state index contributed by atoms with van der Waals surface area (Å²) in [5.74, 6) is 0.899. The summed E-state index contributed by atoms with van der Waals surface area (Å²) in [6.45, 7) is 3.98. The summed E-state index contributed by atoms with van der Waals surface area (Å²) in [5.41, 5.74) is 3.53. The van der Waals surface area contributed by atoms with Crippen LogP contribution in [0.3, 0.4) is 0 Å². The standard InChI is InChI=1S/C21H23NO3/c1-14-7-6-8-17(15(14)2)20(23)22-16-9-10-18-19(13-16)25-21(24-18)11-4-3-5-12-21/h6-10,13H,3-5,11-12H2,1-2H3,(H,22,23). The number of carbonyl (C=O) groups is 1. The van der Waals surface area contributed by atoms with Crippen LogP contribution >= 0.6 is 0 Å². The van der Waals surface area contributed by atoms with Crippen molar-refractivity contribution < 1.29 is 14.3 Å². The van der Waals surface area contributed by atoms with Gasteiger partial charge < -0.3 is 14.8 Å². The molecule has 2 aromatic rings. The Balaban J connectivity index is 1.53. The minimum atomic E-state index is -0.490. The lowest BCUT2D eigenvalue weighted by Crippen LogP contribution is -2.40. The number of hydrogen-bond donors (Lipinski definition) is 1. The summed E-state index contributed by atoms with van der Waals surface area (Å²) in [6, 6.07) is 11.4. The van der Waals surface area contributed by atoms with E-state index in [0.29, 0.717) is 5.56 Å². The molecule has 1 spiro atoms. The largest absolute Gasteiger partial charge is 0.448 e. The monoisotopic (exact) mass is 337 g/mol. The van der Waals surface area contributed by atoms with E-state index in [4.69, 9.17) is 9.47 Å². The molecule has 130 valence electrons. The minimum Gasteiger partial charge on any atom is -0.448 e. The fraction of sp³-hybridized carbons (Fsp3) is 0.381. The van der Waals surface area contributed by atoms with Crippen LogP contribution in [-0.2, 0) is 0 Å². The van der Waals surface area contributed by atoms with E-state index in [2.05, 4.69) is 5.32 Å². The predicted octanol–water partition coefficient (Wildman–Crippen LogP) is 4.99. The summed E-state index contributed by atoms with van der Waals surface area (Å²) in [4.78, 5) is 12.6. The SMILES string of the molecule is Cc1cccc(C(=O)Nc2ccc3c(c2)OC2(CCCCC2)O3)c1C. The molecule has 1 heterocycles. The zero-order valence-corrected chi connectivity index (χ0v) is 14.7. The predicted molar refractivity (Wildman–Crippen MR) is 97.4 cm³/mol. The Bertz CT molecular complexity index is 822. The zero-order chi connectivity index (χ0) is 17.4. The number of amides is 1. The van der Waals surface area contributed by atoms with Gasteiger partial charge in [-0.25, -0.2) is 0 Å². The highest BCUT2D eigenvalue weighted by Crippen LogP contribution is 2.46. The summed E-state index contributed by atoms with van der Waals surface area (Å²) < 4.78 is 12.2. The Labute approximate surface area is 148 Å². The quantitative estimate of drug-likeness (QED) is 0.840. The van der Waals surface area contributed by atoms with Gasteiger partial charge in [0.25, 0.3) is 11.7 Å². The van der Waals surface area contributed by atoms with Crippen LogP contribution in [-0.4, -0.2) is 11.7 Å². The molecule has 0 aromatic heterocycles. The number of hydrogen-bond acceptors (Lipinski definition) is 3. The number of ether oxygens (including phenoxy) is 2. The molecule has 0 saturated heterocycles. The molecule has 0 atom stereocenters. The molecule has 0 bridgehead atoms. The third kappa shape index (κ3) is 2.97. The second-order valence-electron chi connectivity index (χ2n) is 7.04. The molecule has 0 radical (unpaired) electrons. The molecule has 1 aliphatic carbocycles. The van der Waals surface area contributed by atoms with E-state index in [9.17, 15) is 4.79 Å². The zero-order valence-electron chi connectivity index (χ0n) is 14.7. The Kier molecular flexibility index (Phi) is 3.91. The molecule has 4 rings (SSSR count). The third-order valence-electron chi connectivity index (χ3n) is 5.26. The van der Waals surface area contributed by atoms with Gasteiger partial charge in [-0.15, -0.1) is 0 Å². The van der Waals surface area contributed by atoms with Gasteiger partial charge in [-0.1, -0.05) is 18.6 Å². The molecule has 2 aromatic carbocycles. The van der Waals surface area contributed by atoms with Crippen molar-refractivity contribution in [1.82, 2.24) is 0 Å². The number of carbonyl (C=O) groups excluding carboxylic acids is 1. The fourth-order valence-electron chi connectivity index (χ4n) is 3.66. The van der Waals surface area contributed by atoms with Crippen LogP contribution < -0.4 is 14.8 Å². The molecule has 1 fully saturated rings. The second-order valence-corrected chi connectivity index (χ2v) is 7.04. The molecular formula is C21H23NO3. The van der Waals surface area contributed by atoms with Crippen molar-refractivity contribution in [3.05, 3.63) is 53.1 Å². The first kappa shape index (κ1) is 16.0. The highest BCUT2D eigenvalue weighted by atomic mass is 16.7. The van der Waals surface area contributed by atoms with Crippen LogP contribution in [0.2, 0.25) is 0 Å². The van der Waals surface area contributed by atoms with Crippen molar-refractivity contribution in [2.45, 2.75) is 51.7 Å². The van der Waals surface area contributed by atoms with Crippen molar-refractivity contribution in [1.29, 1.82) is 0 Å². The van der Waals surface area contributed by atoms with E-state index >= 15 is 0 Å². The fourth-order valence-corrected chi connectivity index (χ4v) is 3.66. The van der Waals surface area contributed by atoms with Crippen molar-refractivity contribution in [3.63, 3.8) is 0 Å². The van der Waals surface area contributed by atoms with Crippen LogP contribution in [0.25, 0.3) is 0 Å². The third-order valence-corrected chi connectivity index (χ3v) is 5.26. The first-order valence-corrected chi connectivity index (χ1v) is 8.96. The molecule has 1 saturated carbocycles. The van der Waals surface area contributed by atoms with Gasteiger partial charge in [0.05, 0.1) is 0 Å². The number of fused-ring (bicyclic) bond motifs is 1. The first-order chi connectivity index (χ1) is 12.1. The number of aryl methyl sites for hydroxylation is 1. The maximum atomic E-state index is 12.6. The highest BCUT2D eigenvalue weighted by molar-refractivity contribution is 6.05. The van der Waals surface area contributed by atoms with E-state index in [-0.39, 0.29) is 5.91 Å². The lowest BCUT2D eigenvalue weighted by Gasteiger charge is -2.31. The number of benzene rings is 2. The summed E-state index contributed by atoms with van der Waals surface area (Å²) in [7, 11) is 0. The molecule has 4 nitrogen and oxygen atoms in total. The number of rotatable bonds is 2. The topological polar surface area (TPSA) is 47.6 Å². The van der Waals surface area contributed by atoms with Gasteiger partial charge in [0.15, 0.2) is 11.5 Å². The summed E-state index contributed by atoms with van der Waals surface area (Å²) >= 11 is 0. The number of nitrogens with one attached hydrogen (secondary N) is 1. The first-order valence-electron chi connectivity index (χ1n) is 8.96. The van der Waals surface area contributed by atoms with E-state index < -0.39 is 5.79 Å². The maximum Gasteiger partial charge on any atom is 0.255 e. The average Bonchev–Trinajstić information content (AvgIpc) is 2.94. The van der Waals surface area contributed by atoms with Gasteiger partial charge in [-0.2, -0.15) is 0 Å². The Morgan fingerprint density at radius 1 is 1.00 bits per heavy atom. The molecule has 1 amide bonds. The van der Waals surface area contributed by atoms with Gasteiger partial charge in [0, 0.05) is 30.2 Å². The van der Waals surface area contributed by atoms with Crippen molar-refractivity contribution in [3.8, 4) is 11.5 Å². The second kappa shape index (κ2) is 6.10. The van der Waals surface area contributed by atoms with Crippen LogP contribution in [0, 0.1) is 13.8 Å². The van der Waals surface area contributed by atoms with Crippen LogP contribution in [0.15, 0.2) is 36.4 Å². The molecule has 1 aliphatic heterocycles. The van der Waals surface area contributed by atoms with Crippen LogP contribution in [0.5, 0.6) is 11.5 Å². The maximum absolute atomic E-state index is 12.6. The molecule has 0 unspecified atom stereocenters. The Hall–Kier alpha value is -2.49. The van der Waals surface area contributed by atoms with Gasteiger partial charge in [0.1, 0.15) is 0 Å². The Morgan fingerprint density at radius 3 is 2.56 bits per heavy atom. The molecule has 1 N–H and O–H groups in total. The highest BCUT2D eigenvalue weighted by Gasteiger charge is 2.42. The lowest BCUT2D eigenvalue weighted by molar-refractivity contribution is -0.105.